The molecule has 0 unspecified atom stereocenters. The lowest BCUT2D eigenvalue weighted by Gasteiger charge is -2.11. The van der Waals surface area contributed by atoms with Gasteiger partial charge in [-0.1, -0.05) is 36.4 Å². The van der Waals surface area contributed by atoms with Crippen LogP contribution >= 0.6 is 0 Å². The van der Waals surface area contributed by atoms with Gasteiger partial charge >= 0.3 is 6.03 Å². The zero-order valence-corrected chi connectivity index (χ0v) is 11.7. The van der Waals surface area contributed by atoms with Gasteiger partial charge in [0.2, 0.25) is 0 Å². The SMILES string of the molecule is O=C(Nn1ccc2ccccc21)Nn1ccc2ccccc21. The largest absolute Gasteiger partial charge is 0.352 e. The summed E-state index contributed by atoms with van der Waals surface area (Å²) in [4.78, 5) is 12.2. The van der Waals surface area contributed by atoms with Gasteiger partial charge in [0, 0.05) is 23.2 Å². The highest BCUT2D eigenvalue weighted by molar-refractivity contribution is 5.93. The van der Waals surface area contributed by atoms with Gasteiger partial charge < -0.3 is 0 Å². The van der Waals surface area contributed by atoms with Crippen LogP contribution in [0.1, 0.15) is 0 Å². The number of carbonyl (C=O) groups is 1. The van der Waals surface area contributed by atoms with E-state index in [9.17, 15) is 4.79 Å². The molecule has 0 aliphatic rings. The number of nitrogens with one attached hydrogen (secondary N) is 2. The molecule has 4 aromatic rings. The number of urea groups is 1. The zero-order valence-electron chi connectivity index (χ0n) is 11.7. The lowest BCUT2D eigenvalue weighted by atomic mass is 10.3. The molecule has 0 spiro atoms. The number of rotatable bonds is 2. The first-order valence-corrected chi connectivity index (χ1v) is 7.01. The molecule has 5 heteroatoms. The molecule has 0 saturated heterocycles. The summed E-state index contributed by atoms with van der Waals surface area (Å²) in [5, 5.41) is 2.16. The van der Waals surface area contributed by atoms with E-state index in [-0.39, 0.29) is 6.03 Å². The third-order valence-corrected chi connectivity index (χ3v) is 3.64. The van der Waals surface area contributed by atoms with Crippen LogP contribution in [0, 0.1) is 0 Å². The predicted molar refractivity (Wildman–Crippen MR) is 88.0 cm³/mol. The molecule has 5 nitrogen and oxygen atoms in total. The van der Waals surface area contributed by atoms with E-state index < -0.39 is 0 Å². The first kappa shape index (κ1) is 12.5. The highest BCUT2D eigenvalue weighted by Gasteiger charge is 2.06. The predicted octanol–water partition coefficient (Wildman–Crippen LogP) is 3.50. The van der Waals surface area contributed by atoms with E-state index in [1.54, 1.807) is 9.35 Å². The number of hydrogen-bond acceptors (Lipinski definition) is 1. The Morgan fingerprint density at radius 3 is 1.64 bits per heavy atom. The normalized spacial score (nSPS) is 10.9. The Morgan fingerprint density at radius 1 is 0.682 bits per heavy atom. The molecule has 0 saturated carbocycles. The summed E-state index contributed by atoms with van der Waals surface area (Å²) in [6.07, 6.45) is 3.66. The minimum atomic E-state index is -0.303. The van der Waals surface area contributed by atoms with Gasteiger partial charge in [-0.3, -0.25) is 9.35 Å². The van der Waals surface area contributed by atoms with E-state index in [0.29, 0.717) is 0 Å². The van der Waals surface area contributed by atoms with E-state index in [2.05, 4.69) is 10.9 Å². The van der Waals surface area contributed by atoms with Crippen LogP contribution in [-0.4, -0.2) is 15.4 Å². The lowest BCUT2D eigenvalue weighted by Crippen LogP contribution is -2.32. The summed E-state index contributed by atoms with van der Waals surface area (Å²) < 4.78 is 3.41. The van der Waals surface area contributed by atoms with E-state index in [0.717, 1.165) is 21.8 Å². The van der Waals surface area contributed by atoms with Crippen LogP contribution in [0.3, 0.4) is 0 Å². The van der Waals surface area contributed by atoms with Crippen molar-refractivity contribution in [3.05, 3.63) is 73.1 Å². The van der Waals surface area contributed by atoms with Crippen molar-refractivity contribution in [3.63, 3.8) is 0 Å². The summed E-state index contributed by atoms with van der Waals surface area (Å²) in [7, 11) is 0. The summed E-state index contributed by atoms with van der Waals surface area (Å²) in [5.74, 6) is 0. The second kappa shape index (κ2) is 4.96. The standard InChI is InChI=1S/C17H14N4O/c22-17(18-20-11-9-13-5-1-3-7-15(13)20)19-21-12-10-14-6-2-4-8-16(14)21/h1-12H,(H2,18,19,22). The van der Waals surface area contributed by atoms with E-state index in [4.69, 9.17) is 0 Å². The molecule has 108 valence electrons. The fraction of sp³-hybridized carbons (Fsp3) is 0. The molecule has 4 rings (SSSR count). The Bertz CT molecular complexity index is 889. The van der Waals surface area contributed by atoms with Crippen LogP contribution in [0.2, 0.25) is 0 Å². The van der Waals surface area contributed by atoms with Crippen molar-refractivity contribution in [3.8, 4) is 0 Å². The van der Waals surface area contributed by atoms with Crippen LogP contribution in [0.15, 0.2) is 73.1 Å². The minimum absolute atomic E-state index is 0.303. The van der Waals surface area contributed by atoms with Crippen LogP contribution in [0.25, 0.3) is 21.8 Å². The van der Waals surface area contributed by atoms with Crippen LogP contribution < -0.4 is 10.9 Å². The van der Waals surface area contributed by atoms with Crippen molar-refractivity contribution in [2.45, 2.75) is 0 Å². The smallest absolute Gasteiger partial charge is 0.259 e. The summed E-state index contributed by atoms with van der Waals surface area (Å²) in [6.45, 7) is 0. The van der Waals surface area contributed by atoms with Crippen LogP contribution in [-0.2, 0) is 0 Å². The molecule has 0 aliphatic heterocycles. The summed E-state index contributed by atoms with van der Waals surface area (Å²) >= 11 is 0. The van der Waals surface area contributed by atoms with Gasteiger partial charge in [0.05, 0.1) is 11.0 Å². The maximum absolute atomic E-state index is 12.2. The van der Waals surface area contributed by atoms with Gasteiger partial charge in [-0.05, 0) is 24.3 Å². The third kappa shape index (κ3) is 2.09. The first-order chi connectivity index (χ1) is 10.8. The average molecular weight is 290 g/mol. The molecule has 0 fully saturated rings. The van der Waals surface area contributed by atoms with Crippen molar-refractivity contribution < 1.29 is 4.79 Å². The summed E-state index contributed by atoms with van der Waals surface area (Å²) in [6, 6.07) is 19.4. The molecule has 0 atom stereocenters. The number of carbonyl (C=O) groups excluding carboxylic acids is 1. The number of aromatic nitrogens is 2. The topological polar surface area (TPSA) is 51.0 Å². The maximum Gasteiger partial charge on any atom is 0.352 e. The van der Waals surface area contributed by atoms with Crippen LogP contribution in [0.5, 0.6) is 0 Å². The number of hydrogen-bond donors (Lipinski definition) is 2. The Balaban J connectivity index is 1.58. The average Bonchev–Trinajstić information content (AvgIpc) is 3.13. The number of fused-ring (bicyclic) bond motifs is 2. The van der Waals surface area contributed by atoms with Gasteiger partial charge in [0.25, 0.3) is 0 Å². The van der Waals surface area contributed by atoms with Crippen molar-refractivity contribution in [2.24, 2.45) is 0 Å². The molecule has 0 aliphatic carbocycles. The van der Waals surface area contributed by atoms with Crippen molar-refractivity contribution >= 4 is 27.8 Å². The van der Waals surface area contributed by atoms with Crippen molar-refractivity contribution in [2.75, 3.05) is 10.9 Å². The Labute approximate surface area is 126 Å². The van der Waals surface area contributed by atoms with E-state index in [1.807, 2.05) is 73.1 Å². The lowest BCUT2D eigenvalue weighted by molar-refractivity contribution is 0.257. The fourth-order valence-corrected chi connectivity index (χ4v) is 2.60. The number of amides is 2. The maximum atomic E-state index is 12.2. The highest BCUT2D eigenvalue weighted by Crippen LogP contribution is 2.14. The Kier molecular flexibility index (Phi) is 2.83. The zero-order chi connectivity index (χ0) is 14.9. The van der Waals surface area contributed by atoms with E-state index >= 15 is 0 Å². The van der Waals surface area contributed by atoms with Crippen LogP contribution in [0.4, 0.5) is 4.79 Å². The number of para-hydroxylation sites is 2. The van der Waals surface area contributed by atoms with Gasteiger partial charge in [0.1, 0.15) is 0 Å². The molecular weight excluding hydrogens is 276 g/mol. The summed E-state index contributed by atoms with van der Waals surface area (Å²) in [5.41, 5.74) is 7.53. The number of benzene rings is 2. The minimum Gasteiger partial charge on any atom is -0.259 e. The van der Waals surface area contributed by atoms with Gasteiger partial charge in [-0.15, -0.1) is 0 Å². The monoisotopic (exact) mass is 290 g/mol. The first-order valence-electron chi connectivity index (χ1n) is 7.01. The molecule has 22 heavy (non-hydrogen) atoms. The highest BCUT2D eigenvalue weighted by atomic mass is 16.2. The number of nitrogens with zero attached hydrogens (tertiary/aromatic N) is 2. The molecule has 0 radical (unpaired) electrons. The van der Waals surface area contributed by atoms with Gasteiger partial charge in [-0.25, -0.2) is 15.6 Å². The molecule has 2 N–H and O–H groups in total. The molecule has 2 amide bonds. The fourth-order valence-electron chi connectivity index (χ4n) is 2.60. The Morgan fingerprint density at radius 2 is 1.14 bits per heavy atom. The van der Waals surface area contributed by atoms with E-state index in [1.165, 1.54) is 0 Å². The second-order valence-corrected chi connectivity index (χ2v) is 5.04. The van der Waals surface area contributed by atoms with Gasteiger partial charge in [0.15, 0.2) is 0 Å². The van der Waals surface area contributed by atoms with Crippen molar-refractivity contribution in [1.82, 2.24) is 9.35 Å². The second-order valence-electron chi connectivity index (χ2n) is 5.04. The van der Waals surface area contributed by atoms with Crippen molar-refractivity contribution in [1.29, 1.82) is 0 Å². The molecular formula is C17H14N4O. The molecule has 0 bridgehead atoms. The molecule has 2 aromatic carbocycles. The third-order valence-electron chi connectivity index (χ3n) is 3.64. The quantitative estimate of drug-likeness (QED) is 0.583. The molecule has 2 heterocycles. The Hall–Kier alpha value is -3.21. The van der Waals surface area contributed by atoms with Gasteiger partial charge in [-0.2, -0.15) is 0 Å². The molecule has 2 aromatic heterocycles.